The molecule has 1 aliphatic rings. The molecule has 6 heteroatoms. The second-order valence-corrected chi connectivity index (χ2v) is 6.70. The van der Waals surface area contributed by atoms with Crippen molar-refractivity contribution < 1.29 is 0 Å². The van der Waals surface area contributed by atoms with Crippen LogP contribution in [0.15, 0.2) is 28.9 Å². The highest BCUT2D eigenvalue weighted by atomic mass is 79.9. The van der Waals surface area contributed by atoms with E-state index < -0.39 is 0 Å². The molecule has 0 bridgehead atoms. The molecule has 4 rings (SSSR count). The summed E-state index contributed by atoms with van der Waals surface area (Å²) >= 11 is 3.48. The monoisotopic (exact) mass is 345 g/mol. The van der Waals surface area contributed by atoms with Gasteiger partial charge in [0.15, 0.2) is 5.82 Å². The van der Waals surface area contributed by atoms with Gasteiger partial charge in [0.05, 0.1) is 22.8 Å². The van der Waals surface area contributed by atoms with Crippen molar-refractivity contribution in [1.82, 2.24) is 19.5 Å². The van der Waals surface area contributed by atoms with E-state index in [0.29, 0.717) is 0 Å². The van der Waals surface area contributed by atoms with Crippen LogP contribution >= 0.6 is 15.9 Å². The predicted molar refractivity (Wildman–Crippen MR) is 85.7 cm³/mol. The van der Waals surface area contributed by atoms with Crippen LogP contribution in [0.3, 0.4) is 0 Å². The molecule has 0 unspecified atom stereocenters. The van der Waals surface area contributed by atoms with E-state index in [2.05, 4.69) is 36.5 Å². The third kappa shape index (κ3) is 1.93. The van der Waals surface area contributed by atoms with Crippen molar-refractivity contribution in [3.05, 3.63) is 34.7 Å². The van der Waals surface area contributed by atoms with E-state index >= 15 is 0 Å². The molecule has 0 radical (unpaired) electrons. The quantitative estimate of drug-likeness (QED) is 0.749. The van der Waals surface area contributed by atoms with Crippen molar-refractivity contribution in [1.29, 1.82) is 0 Å². The van der Waals surface area contributed by atoms with Crippen LogP contribution in [0.4, 0.5) is 0 Å². The smallest absolute Gasteiger partial charge is 0.159 e. The maximum absolute atomic E-state index is 6.32. The number of imidazole rings is 2. The molecule has 0 amide bonds. The van der Waals surface area contributed by atoms with E-state index in [-0.39, 0.29) is 5.54 Å². The number of nitrogens with two attached hydrogens (primary N) is 1. The van der Waals surface area contributed by atoms with Gasteiger partial charge in [0.2, 0.25) is 0 Å². The summed E-state index contributed by atoms with van der Waals surface area (Å²) in [5, 5.41) is 0. The number of nitrogens with zero attached hydrogens (tertiary/aromatic N) is 3. The number of halogens is 1. The molecule has 0 atom stereocenters. The minimum atomic E-state index is -0.272. The first-order chi connectivity index (χ1) is 10.1. The third-order valence-electron chi connectivity index (χ3n) is 4.38. The zero-order valence-electron chi connectivity index (χ0n) is 11.7. The third-order valence-corrected chi connectivity index (χ3v) is 4.87. The van der Waals surface area contributed by atoms with Crippen molar-refractivity contribution in [2.75, 3.05) is 0 Å². The Kier molecular flexibility index (Phi) is 2.74. The number of H-pyrrole nitrogens is 1. The summed E-state index contributed by atoms with van der Waals surface area (Å²) in [5.74, 6) is 1.75. The van der Waals surface area contributed by atoms with Crippen LogP contribution in [0.25, 0.3) is 22.6 Å². The largest absolute Gasteiger partial charge is 0.338 e. The molecule has 2 aromatic heterocycles. The Morgan fingerprint density at radius 3 is 2.90 bits per heavy atom. The van der Waals surface area contributed by atoms with Gasteiger partial charge in [-0.05, 0) is 37.5 Å². The molecule has 1 aromatic carbocycles. The fourth-order valence-electron chi connectivity index (χ4n) is 2.90. The number of aryl methyl sites for hydroxylation is 1. The molecule has 1 saturated carbocycles. The lowest BCUT2D eigenvalue weighted by molar-refractivity contribution is 0.240. The van der Waals surface area contributed by atoms with Crippen LogP contribution < -0.4 is 5.73 Å². The van der Waals surface area contributed by atoms with Gasteiger partial charge in [0.25, 0.3) is 0 Å². The average Bonchev–Trinajstić information content (AvgIpc) is 3.01. The Balaban J connectivity index is 1.81. The number of aromatic amines is 1. The standard InChI is InChI=1S/C15H16BrN5/c1-21-12-4-3-9(16)7-10(12)19-13(21)11-8-18-14(20-11)15(17)5-2-6-15/h3-4,7-8H,2,5-6,17H2,1H3,(H,18,20). The molecule has 1 aliphatic carbocycles. The number of hydrogen-bond acceptors (Lipinski definition) is 3. The van der Waals surface area contributed by atoms with Gasteiger partial charge in [-0.1, -0.05) is 15.9 Å². The molecule has 3 aromatic rings. The van der Waals surface area contributed by atoms with E-state index in [9.17, 15) is 0 Å². The van der Waals surface area contributed by atoms with Crippen molar-refractivity contribution in [2.45, 2.75) is 24.8 Å². The Labute approximate surface area is 130 Å². The minimum absolute atomic E-state index is 0.272. The molecule has 108 valence electrons. The van der Waals surface area contributed by atoms with Gasteiger partial charge >= 0.3 is 0 Å². The van der Waals surface area contributed by atoms with Crippen LogP contribution in [-0.2, 0) is 12.6 Å². The summed E-state index contributed by atoms with van der Waals surface area (Å²) in [6, 6.07) is 6.10. The molecule has 3 N–H and O–H groups in total. The molecule has 21 heavy (non-hydrogen) atoms. The lowest BCUT2D eigenvalue weighted by atomic mass is 9.77. The Hall–Kier alpha value is -1.66. The van der Waals surface area contributed by atoms with Crippen LogP contribution in [0.5, 0.6) is 0 Å². The fourth-order valence-corrected chi connectivity index (χ4v) is 3.25. The maximum Gasteiger partial charge on any atom is 0.159 e. The highest BCUT2D eigenvalue weighted by Crippen LogP contribution is 2.37. The van der Waals surface area contributed by atoms with Gasteiger partial charge in [0, 0.05) is 11.5 Å². The molecule has 1 fully saturated rings. The van der Waals surface area contributed by atoms with Crippen LogP contribution in [-0.4, -0.2) is 19.5 Å². The fraction of sp³-hybridized carbons (Fsp3) is 0.333. The first-order valence-electron chi connectivity index (χ1n) is 7.03. The summed E-state index contributed by atoms with van der Waals surface area (Å²) in [6.45, 7) is 0. The maximum atomic E-state index is 6.32. The molecule has 0 saturated heterocycles. The molecule has 5 nitrogen and oxygen atoms in total. The van der Waals surface area contributed by atoms with Gasteiger partial charge in [-0.3, -0.25) is 0 Å². The van der Waals surface area contributed by atoms with Gasteiger partial charge in [-0.25, -0.2) is 9.97 Å². The first-order valence-corrected chi connectivity index (χ1v) is 7.83. The highest BCUT2D eigenvalue weighted by molar-refractivity contribution is 9.10. The summed E-state index contributed by atoms with van der Waals surface area (Å²) in [7, 11) is 2.01. The van der Waals surface area contributed by atoms with Gasteiger partial charge in [-0.15, -0.1) is 0 Å². The van der Waals surface area contributed by atoms with E-state index in [1.807, 2.05) is 25.4 Å². The molecular formula is C15H16BrN5. The minimum Gasteiger partial charge on any atom is -0.338 e. The summed E-state index contributed by atoms with van der Waals surface area (Å²) in [5.41, 5.74) is 9.02. The average molecular weight is 346 g/mol. The highest BCUT2D eigenvalue weighted by Gasteiger charge is 2.37. The van der Waals surface area contributed by atoms with Crippen LogP contribution in [0.1, 0.15) is 25.1 Å². The topological polar surface area (TPSA) is 72.5 Å². The van der Waals surface area contributed by atoms with Crippen molar-refractivity contribution in [2.24, 2.45) is 12.8 Å². The molecular weight excluding hydrogens is 330 g/mol. The van der Waals surface area contributed by atoms with E-state index in [0.717, 1.165) is 45.7 Å². The Morgan fingerprint density at radius 1 is 1.38 bits per heavy atom. The van der Waals surface area contributed by atoms with E-state index in [1.165, 1.54) is 6.42 Å². The number of fused-ring (bicyclic) bond motifs is 1. The van der Waals surface area contributed by atoms with Crippen LogP contribution in [0.2, 0.25) is 0 Å². The Bertz CT molecular complexity index is 828. The van der Waals surface area contributed by atoms with Crippen molar-refractivity contribution >= 4 is 27.0 Å². The SMILES string of the molecule is Cn1c(-c2cnc(C3(N)CCC3)[nH]2)nc2cc(Br)ccc21. The van der Waals surface area contributed by atoms with Crippen molar-refractivity contribution in [3.63, 3.8) is 0 Å². The zero-order chi connectivity index (χ0) is 14.6. The van der Waals surface area contributed by atoms with Crippen molar-refractivity contribution in [3.8, 4) is 11.5 Å². The molecule has 2 heterocycles. The number of benzene rings is 1. The van der Waals surface area contributed by atoms with Gasteiger partial charge in [0.1, 0.15) is 11.5 Å². The second-order valence-electron chi connectivity index (χ2n) is 5.78. The molecule has 0 spiro atoms. The summed E-state index contributed by atoms with van der Waals surface area (Å²) in [4.78, 5) is 12.5. The number of aromatic nitrogens is 4. The second kappa shape index (κ2) is 4.42. The lowest BCUT2D eigenvalue weighted by Gasteiger charge is -2.35. The normalized spacial score (nSPS) is 17.1. The first kappa shape index (κ1) is 13.0. The summed E-state index contributed by atoms with van der Waals surface area (Å²) < 4.78 is 3.10. The van der Waals surface area contributed by atoms with Gasteiger partial charge in [-0.2, -0.15) is 0 Å². The number of hydrogen-bond donors (Lipinski definition) is 2. The van der Waals surface area contributed by atoms with E-state index in [1.54, 1.807) is 0 Å². The lowest BCUT2D eigenvalue weighted by Crippen LogP contribution is -2.44. The molecule has 0 aliphatic heterocycles. The predicted octanol–water partition coefficient (Wildman–Crippen LogP) is 3.06. The Morgan fingerprint density at radius 2 is 2.19 bits per heavy atom. The number of nitrogens with one attached hydrogen (secondary N) is 1. The summed E-state index contributed by atoms with van der Waals surface area (Å²) in [6.07, 6.45) is 5.00. The van der Waals surface area contributed by atoms with Crippen LogP contribution in [0, 0.1) is 0 Å². The van der Waals surface area contributed by atoms with E-state index in [4.69, 9.17) is 10.7 Å². The van der Waals surface area contributed by atoms with Gasteiger partial charge < -0.3 is 15.3 Å². The zero-order valence-corrected chi connectivity index (χ0v) is 13.3. The number of rotatable bonds is 2.